The van der Waals surface area contributed by atoms with E-state index in [1.54, 1.807) is 0 Å². The highest BCUT2D eigenvalue weighted by Gasteiger charge is 2.08. The minimum Gasteiger partial charge on any atom is -0.192 e. The van der Waals surface area contributed by atoms with Gasteiger partial charge in [-0.2, -0.15) is 5.26 Å². The van der Waals surface area contributed by atoms with Gasteiger partial charge in [0.2, 0.25) is 0 Å². The van der Waals surface area contributed by atoms with Gasteiger partial charge in [-0.3, -0.25) is 0 Å². The van der Waals surface area contributed by atoms with Gasteiger partial charge < -0.3 is 0 Å². The zero-order chi connectivity index (χ0) is 15.5. The third-order valence-electron chi connectivity index (χ3n) is 4.21. The second kappa shape index (κ2) is 5.87. The van der Waals surface area contributed by atoms with Crippen LogP contribution in [0.3, 0.4) is 0 Å². The molecule has 0 aliphatic heterocycles. The maximum Gasteiger partial charge on any atom is 0.0994 e. The Labute approximate surface area is 131 Å². The maximum absolute atomic E-state index is 9.12. The molecule has 0 spiro atoms. The molecule has 0 saturated carbocycles. The van der Waals surface area contributed by atoms with Gasteiger partial charge in [-0.25, -0.2) is 0 Å². The topological polar surface area (TPSA) is 23.8 Å². The van der Waals surface area contributed by atoms with Crippen LogP contribution in [0.4, 0.5) is 0 Å². The molecule has 3 rings (SSSR count). The van der Waals surface area contributed by atoms with Crippen LogP contribution in [0.15, 0.2) is 66.7 Å². The Hall–Kier alpha value is -2.85. The van der Waals surface area contributed by atoms with Gasteiger partial charge in [0, 0.05) is 0 Å². The van der Waals surface area contributed by atoms with Gasteiger partial charge in [-0.05, 0) is 53.3 Å². The summed E-state index contributed by atoms with van der Waals surface area (Å²) in [5.41, 5.74) is 7.80. The molecule has 1 nitrogen and oxygen atoms in total. The van der Waals surface area contributed by atoms with Crippen molar-refractivity contribution in [3.63, 3.8) is 0 Å². The second-order valence-electron chi connectivity index (χ2n) is 5.47. The Morgan fingerprint density at radius 3 is 1.86 bits per heavy atom. The first-order valence-corrected chi connectivity index (χ1v) is 7.37. The van der Waals surface area contributed by atoms with Gasteiger partial charge in [0.15, 0.2) is 0 Å². The Morgan fingerprint density at radius 1 is 0.636 bits per heavy atom. The molecule has 0 heterocycles. The molecule has 0 fully saturated rings. The predicted octanol–water partition coefficient (Wildman–Crippen LogP) is 5.51. The highest BCUT2D eigenvalue weighted by atomic mass is 14.2. The van der Waals surface area contributed by atoms with Crippen LogP contribution < -0.4 is 0 Å². The molecule has 106 valence electrons. The summed E-state index contributed by atoms with van der Waals surface area (Å²) >= 11 is 0. The lowest BCUT2D eigenvalue weighted by Crippen LogP contribution is -1.91. The van der Waals surface area contributed by atoms with Gasteiger partial charge in [-0.1, -0.05) is 60.7 Å². The molecule has 0 bridgehead atoms. The summed E-state index contributed by atoms with van der Waals surface area (Å²) in [7, 11) is 0. The van der Waals surface area contributed by atoms with Crippen LogP contribution in [0.25, 0.3) is 22.3 Å². The molecule has 3 aromatic carbocycles. The van der Waals surface area contributed by atoms with E-state index in [4.69, 9.17) is 5.26 Å². The zero-order valence-corrected chi connectivity index (χ0v) is 12.8. The lowest BCUT2D eigenvalue weighted by Gasteiger charge is -2.11. The van der Waals surface area contributed by atoms with Crippen LogP contribution in [0, 0.1) is 25.2 Å². The van der Waals surface area contributed by atoms with Crippen LogP contribution >= 0.6 is 0 Å². The van der Waals surface area contributed by atoms with E-state index in [1.165, 1.54) is 27.8 Å². The molecule has 22 heavy (non-hydrogen) atoms. The number of hydrogen-bond acceptors (Lipinski definition) is 1. The summed E-state index contributed by atoms with van der Waals surface area (Å²) < 4.78 is 0. The summed E-state index contributed by atoms with van der Waals surface area (Å²) in [5.74, 6) is 0. The quantitative estimate of drug-likeness (QED) is 0.608. The first kappa shape index (κ1) is 14.1. The SMILES string of the molecule is Cc1c(C#N)ccc(-c2ccc(-c3ccccc3)cc2)c1C. The Bertz CT molecular complexity index is 838. The van der Waals surface area contributed by atoms with Crippen LogP contribution in [-0.4, -0.2) is 0 Å². The van der Waals surface area contributed by atoms with Crippen molar-refractivity contribution >= 4 is 0 Å². The molecule has 0 aliphatic carbocycles. The molecule has 0 aromatic heterocycles. The highest BCUT2D eigenvalue weighted by molar-refractivity contribution is 5.73. The Kier molecular flexibility index (Phi) is 3.76. The summed E-state index contributed by atoms with van der Waals surface area (Å²) in [5, 5.41) is 9.12. The third-order valence-corrected chi connectivity index (χ3v) is 4.21. The largest absolute Gasteiger partial charge is 0.192 e. The number of benzene rings is 3. The molecule has 0 unspecified atom stereocenters. The molecular formula is C21H17N. The van der Waals surface area contributed by atoms with Gasteiger partial charge in [0.05, 0.1) is 11.6 Å². The molecule has 0 saturated heterocycles. The average molecular weight is 283 g/mol. The fraction of sp³-hybridized carbons (Fsp3) is 0.0952. The van der Waals surface area contributed by atoms with E-state index >= 15 is 0 Å². The molecule has 0 N–H and O–H groups in total. The van der Waals surface area contributed by atoms with Crippen LogP contribution in [0.5, 0.6) is 0 Å². The van der Waals surface area contributed by atoms with E-state index in [2.05, 4.69) is 61.5 Å². The molecule has 0 amide bonds. The van der Waals surface area contributed by atoms with Crippen molar-refractivity contribution in [1.82, 2.24) is 0 Å². The molecule has 0 aliphatic rings. The summed E-state index contributed by atoms with van der Waals surface area (Å²) in [6, 6.07) is 25.2. The van der Waals surface area contributed by atoms with Gasteiger partial charge in [0.25, 0.3) is 0 Å². The van der Waals surface area contributed by atoms with Crippen LogP contribution in [0.1, 0.15) is 16.7 Å². The monoisotopic (exact) mass is 283 g/mol. The van der Waals surface area contributed by atoms with E-state index in [1.807, 2.05) is 25.1 Å². The summed E-state index contributed by atoms with van der Waals surface area (Å²) in [6.07, 6.45) is 0. The molecule has 0 atom stereocenters. The maximum atomic E-state index is 9.12. The van der Waals surface area contributed by atoms with E-state index in [9.17, 15) is 0 Å². The molecular weight excluding hydrogens is 266 g/mol. The lowest BCUT2D eigenvalue weighted by molar-refractivity contribution is 1.31. The molecule has 0 radical (unpaired) electrons. The fourth-order valence-electron chi connectivity index (χ4n) is 2.73. The minimum absolute atomic E-state index is 0.752. The normalized spacial score (nSPS) is 10.2. The third kappa shape index (κ3) is 2.52. The average Bonchev–Trinajstić information content (AvgIpc) is 2.58. The second-order valence-corrected chi connectivity index (χ2v) is 5.47. The summed E-state index contributed by atoms with van der Waals surface area (Å²) in [6.45, 7) is 4.09. The van der Waals surface area contributed by atoms with Gasteiger partial charge in [0.1, 0.15) is 0 Å². The van der Waals surface area contributed by atoms with E-state index in [0.29, 0.717) is 0 Å². The number of nitriles is 1. The zero-order valence-electron chi connectivity index (χ0n) is 12.8. The van der Waals surface area contributed by atoms with Crippen molar-refractivity contribution in [2.75, 3.05) is 0 Å². The predicted molar refractivity (Wildman–Crippen MR) is 91.5 cm³/mol. The van der Waals surface area contributed by atoms with Crippen LogP contribution in [-0.2, 0) is 0 Å². The van der Waals surface area contributed by atoms with E-state index < -0.39 is 0 Å². The van der Waals surface area contributed by atoms with E-state index in [0.717, 1.165) is 11.1 Å². The Balaban J connectivity index is 2.01. The van der Waals surface area contributed by atoms with Crippen molar-refractivity contribution in [3.05, 3.63) is 83.4 Å². The number of rotatable bonds is 2. The van der Waals surface area contributed by atoms with Gasteiger partial charge in [-0.15, -0.1) is 0 Å². The lowest BCUT2D eigenvalue weighted by atomic mass is 9.93. The van der Waals surface area contributed by atoms with Gasteiger partial charge >= 0.3 is 0 Å². The fourth-order valence-corrected chi connectivity index (χ4v) is 2.73. The van der Waals surface area contributed by atoms with Crippen molar-refractivity contribution in [1.29, 1.82) is 5.26 Å². The highest BCUT2D eigenvalue weighted by Crippen LogP contribution is 2.29. The van der Waals surface area contributed by atoms with Crippen LogP contribution in [0.2, 0.25) is 0 Å². The first-order valence-electron chi connectivity index (χ1n) is 7.37. The molecule has 1 heteroatoms. The Morgan fingerprint density at radius 2 is 1.23 bits per heavy atom. The number of nitrogens with zero attached hydrogens (tertiary/aromatic N) is 1. The summed E-state index contributed by atoms with van der Waals surface area (Å²) in [4.78, 5) is 0. The minimum atomic E-state index is 0.752. The standard InChI is InChI=1S/C21H17N/c1-15-16(2)21(13-12-20(15)14-22)19-10-8-18(9-11-19)17-6-4-3-5-7-17/h3-13H,1-2H3. The van der Waals surface area contributed by atoms with Crippen molar-refractivity contribution in [3.8, 4) is 28.3 Å². The number of hydrogen-bond donors (Lipinski definition) is 0. The van der Waals surface area contributed by atoms with Crippen molar-refractivity contribution < 1.29 is 0 Å². The van der Waals surface area contributed by atoms with Crippen molar-refractivity contribution in [2.24, 2.45) is 0 Å². The molecule has 3 aromatic rings. The smallest absolute Gasteiger partial charge is 0.0994 e. The van der Waals surface area contributed by atoms with E-state index in [-0.39, 0.29) is 0 Å². The van der Waals surface area contributed by atoms with Crippen molar-refractivity contribution in [2.45, 2.75) is 13.8 Å². The first-order chi connectivity index (χ1) is 10.7.